The first-order valence-electron chi connectivity index (χ1n) is 2.16. The van der Waals surface area contributed by atoms with Gasteiger partial charge in [0.15, 0.2) is 0 Å². The van der Waals surface area contributed by atoms with Crippen molar-refractivity contribution in [3.63, 3.8) is 0 Å². The highest BCUT2D eigenvalue weighted by atomic mass is 31.1. The van der Waals surface area contributed by atoms with E-state index in [-0.39, 0.29) is 5.78 Å². The molecule has 0 saturated carbocycles. The molecule has 0 spiro atoms. The molecule has 0 saturated heterocycles. The van der Waals surface area contributed by atoms with Gasteiger partial charge in [-0.3, -0.25) is 9.88 Å². The van der Waals surface area contributed by atoms with Gasteiger partial charge in [-0.25, -0.2) is 0 Å². The van der Waals surface area contributed by atoms with Gasteiger partial charge < -0.3 is 0 Å². The van der Waals surface area contributed by atoms with Gasteiger partial charge in [0.05, 0.1) is 6.54 Å². The maximum Gasteiger partial charge on any atom is 0.143 e. The molecule has 0 fully saturated rings. The Kier molecular flexibility index (Phi) is 4.26. The minimum Gasteiger partial charge on any atom is -0.299 e. The molecular weight excluding hydrogens is 109 g/mol. The first kappa shape index (κ1) is 7.06. The highest BCUT2D eigenvalue weighted by Crippen LogP contribution is 1.88. The van der Waals surface area contributed by atoms with Gasteiger partial charge in [-0.2, -0.15) is 0 Å². The van der Waals surface area contributed by atoms with Crippen molar-refractivity contribution in [2.75, 3.05) is 13.2 Å². The molecule has 7 heavy (non-hydrogen) atoms. The standard InChI is InChI=1S/C4H10NOP/c1-4(6)3-5-7-2/h5,7H,3H2,1-2H3. The van der Waals surface area contributed by atoms with E-state index in [2.05, 4.69) is 5.09 Å². The van der Waals surface area contributed by atoms with E-state index in [1.807, 2.05) is 6.66 Å². The molecule has 1 unspecified atom stereocenters. The molecule has 0 aromatic heterocycles. The summed E-state index contributed by atoms with van der Waals surface area (Å²) in [7, 11) is 0.680. The Bertz CT molecular complexity index is 64.7. The van der Waals surface area contributed by atoms with Crippen LogP contribution in [0.1, 0.15) is 6.92 Å². The fourth-order valence-electron chi connectivity index (χ4n) is 0.213. The molecule has 1 N–H and O–H groups in total. The van der Waals surface area contributed by atoms with Gasteiger partial charge in [-0.05, 0) is 13.6 Å². The first-order valence-corrected chi connectivity index (χ1v) is 3.66. The number of Topliss-reactive ketones (excluding diaryl/α,β-unsaturated/α-hetero) is 1. The van der Waals surface area contributed by atoms with Crippen LogP contribution in [0.4, 0.5) is 0 Å². The molecule has 0 aromatic rings. The second kappa shape index (κ2) is 4.23. The molecular formula is C4H10NOP. The van der Waals surface area contributed by atoms with Crippen LogP contribution in [-0.4, -0.2) is 19.0 Å². The highest BCUT2D eigenvalue weighted by Gasteiger charge is 1.85. The zero-order valence-electron chi connectivity index (χ0n) is 4.62. The number of hydrogen-bond donors (Lipinski definition) is 1. The third-order valence-corrected chi connectivity index (χ3v) is 1.04. The Labute approximate surface area is 45.5 Å². The SMILES string of the molecule is CPNCC(C)=O. The number of carbonyl (C=O) groups is 1. The van der Waals surface area contributed by atoms with Gasteiger partial charge in [0.1, 0.15) is 5.78 Å². The Morgan fingerprint density at radius 2 is 2.43 bits per heavy atom. The van der Waals surface area contributed by atoms with Crippen molar-refractivity contribution in [2.45, 2.75) is 6.92 Å². The quantitative estimate of drug-likeness (QED) is 0.544. The zero-order valence-corrected chi connectivity index (χ0v) is 5.62. The molecule has 3 heteroatoms. The van der Waals surface area contributed by atoms with E-state index in [4.69, 9.17) is 0 Å². The average molecular weight is 119 g/mol. The van der Waals surface area contributed by atoms with Gasteiger partial charge >= 0.3 is 0 Å². The topological polar surface area (TPSA) is 29.1 Å². The van der Waals surface area contributed by atoms with Gasteiger partial charge in [0.2, 0.25) is 0 Å². The summed E-state index contributed by atoms with van der Waals surface area (Å²) < 4.78 is 0. The monoisotopic (exact) mass is 119 g/mol. The van der Waals surface area contributed by atoms with Crippen LogP contribution < -0.4 is 5.09 Å². The largest absolute Gasteiger partial charge is 0.299 e. The van der Waals surface area contributed by atoms with Crippen molar-refractivity contribution in [1.82, 2.24) is 5.09 Å². The highest BCUT2D eigenvalue weighted by molar-refractivity contribution is 7.34. The number of hydrogen-bond acceptors (Lipinski definition) is 2. The predicted molar refractivity (Wildman–Crippen MR) is 32.9 cm³/mol. The van der Waals surface area contributed by atoms with Crippen LogP contribution >= 0.6 is 8.73 Å². The molecule has 0 heterocycles. The van der Waals surface area contributed by atoms with E-state index >= 15 is 0 Å². The van der Waals surface area contributed by atoms with Crippen molar-refractivity contribution in [3.05, 3.63) is 0 Å². The number of ketones is 1. The molecule has 2 nitrogen and oxygen atoms in total. The van der Waals surface area contributed by atoms with Crippen LogP contribution in [0.2, 0.25) is 0 Å². The summed E-state index contributed by atoms with van der Waals surface area (Å²) in [6.45, 7) is 4.10. The molecule has 0 aliphatic heterocycles. The van der Waals surface area contributed by atoms with E-state index in [0.29, 0.717) is 15.3 Å². The van der Waals surface area contributed by atoms with Gasteiger partial charge in [0.25, 0.3) is 0 Å². The van der Waals surface area contributed by atoms with E-state index in [1.54, 1.807) is 6.92 Å². The number of carbonyl (C=O) groups excluding carboxylic acids is 1. The fraction of sp³-hybridized carbons (Fsp3) is 0.750. The predicted octanol–water partition coefficient (Wildman–Crippen LogP) is 0.388. The lowest BCUT2D eigenvalue weighted by molar-refractivity contribution is -0.115. The summed E-state index contributed by atoms with van der Waals surface area (Å²) in [5.74, 6) is 0.203. The van der Waals surface area contributed by atoms with Gasteiger partial charge in [-0.1, -0.05) is 8.73 Å². The minimum absolute atomic E-state index is 0.203. The van der Waals surface area contributed by atoms with Crippen LogP contribution in [0.5, 0.6) is 0 Å². The molecule has 0 radical (unpaired) electrons. The summed E-state index contributed by atoms with van der Waals surface area (Å²) in [5.41, 5.74) is 0. The fourth-order valence-corrected chi connectivity index (χ4v) is 0.639. The third-order valence-electron chi connectivity index (χ3n) is 0.514. The van der Waals surface area contributed by atoms with Crippen LogP contribution in [0.25, 0.3) is 0 Å². The molecule has 0 aromatic carbocycles. The second-order valence-electron chi connectivity index (χ2n) is 1.31. The molecule has 0 aliphatic carbocycles. The summed E-state index contributed by atoms with van der Waals surface area (Å²) >= 11 is 0. The number of nitrogens with one attached hydrogen (secondary N) is 1. The van der Waals surface area contributed by atoms with Gasteiger partial charge in [-0.15, -0.1) is 0 Å². The molecule has 0 aliphatic rings. The summed E-state index contributed by atoms with van der Waals surface area (Å²) in [4.78, 5) is 10.1. The van der Waals surface area contributed by atoms with Crippen LogP contribution in [0.3, 0.4) is 0 Å². The normalized spacial score (nSPS) is 10.6. The molecule has 0 rings (SSSR count). The Morgan fingerprint density at radius 1 is 1.86 bits per heavy atom. The average Bonchev–Trinajstić information content (AvgIpc) is 1.61. The van der Waals surface area contributed by atoms with Gasteiger partial charge in [0, 0.05) is 0 Å². The van der Waals surface area contributed by atoms with Crippen molar-refractivity contribution in [3.8, 4) is 0 Å². The lowest BCUT2D eigenvalue weighted by Gasteiger charge is -1.91. The van der Waals surface area contributed by atoms with Crippen molar-refractivity contribution < 1.29 is 4.79 Å². The maximum absolute atomic E-state index is 10.1. The Balaban J connectivity index is 2.82. The van der Waals surface area contributed by atoms with E-state index in [9.17, 15) is 4.79 Å². The maximum atomic E-state index is 10.1. The summed E-state index contributed by atoms with van der Waals surface area (Å²) in [6.07, 6.45) is 0. The van der Waals surface area contributed by atoms with Crippen molar-refractivity contribution in [2.24, 2.45) is 0 Å². The lowest BCUT2D eigenvalue weighted by Crippen LogP contribution is -2.10. The van der Waals surface area contributed by atoms with Crippen LogP contribution in [-0.2, 0) is 4.79 Å². The Morgan fingerprint density at radius 3 is 2.57 bits per heavy atom. The molecule has 0 bridgehead atoms. The zero-order chi connectivity index (χ0) is 5.70. The van der Waals surface area contributed by atoms with Crippen molar-refractivity contribution >= 4 is 14.5 Å². The summed E-state index contributed by atoms with van der Waals surface area (Å²) in [6, 6.07) is 0. The van der Waals surface area contributed by atoms with E-state index in [1.165, 1.54) is 0 Å². The smallest absolute Gasteiger partial charge is 0.143 e. The summed E-state index contributed by atoms with van der Waals surface area (Å²) in [5, 5.41) is 2.93. The number of rotatable bonds is 3. The molecule has 1 atom stereocenters. The van der Waals surface area contributed by atoms with E-state index in [0.717, 1.165) is 0 Å². The van der Waals surface area contributed by atoms with Crippen LogP contribution in [0, 0.1) is 0 Å². The third kappa shape index (κ3) is 6.06. The molecule has 42 valence electrons. The first-order chi connectivity index (χ1) is 3.27. The lowest BCUT2D eigenvalue weighted by atomic mass is 10.5. The molecule has 0 amide bonds. The Hall–Kier alpha value is 0.0600. The second-order valence-corrected chi connectivity index (χ2v) is 2.16. The van der Waals surface area contributed by atoms with Crippen molar-refractivity contribution in [1.29, 1.82) is 0 Å². The minimum atomic E-state index is 0.203. The van der Waals surface area contributed by atoms with Crippen LogP contribution in [0.15, 0.2) is 0 Å². The van der Waals surface area contributed by atoms with E-state index < -0.39 is 0 Å².